The number of hydrogen-bond donors (Lipinski definition) is 0. The maximum absolute atomic E-state index is 5.26. The number of aromatic nitrogens is 6. The van der Waals surface area contributed by atoms with Crippen molar-refractivity contribution >= 4 is 10.8 Å². The third-order valence-electron chi connectivity index (χ3n) is 9.53. The first-order valence-electron chi connectivity index (χ1n) is 17.5. The molecule has 250 valence electrons. The zero-order valence-electron chi connectivity index (χ0n) is 28.9. The van der Waals surface area contributed by atoms with Crippen molar-refractivity contribution in [2.45, 2.75) is 6.92 Å². The molecular weight excluding hydrogens is 649 g/mol. The standard InChI is InChI=1S/C47H32N6/c1-31-6-8-37(9-7-31)45-24-46(39-19-18-32-4-2-3-5-38(32)20-39)53-47(52-45)42-22-40(33-10-14-35(15-11-33)43-25-48-29-49-26-43)21-41(23-42)34-12-16-36(17-13-34)44-27-50-30-51-28-44/h2-30H,1H3. The topological polar surface area (TPSA) is 77.3 Å². The fraction of sp³-hybridized carbons (Fsp3) is 0.0213. The van der Waals surface area contributed by atoms with Crippen molar-refractivity contribution in [1.29, 1.82) is 0 Å². The van der Waals surface area contributed by atoms with Gasteiger partial charge in [0.1, 0.15) is 12.7 Å². The Morgan fingerprint density at radius 2 is 0.755 bits per heavy atom. The van der Waals surface area contributed by atoms with Gasteiger partial charge in [0.05, 0.1) is 11.4 Å². The van der Waals surface area contributed by atoms with Crippen LogP contribution < -0.4 is 0 Å². The smallest absolute Gasteiger partial charge is 0.160 e. The highest BCUT2D eigenvalue weighted by Crippen LogP contribution is 2.36. The molecule has 3 aromatic heterocycles. The van der Waals surface area contributed by atoms with E-state index >= 15 is 0 Å². The highest BCUT2D eigenvalue weighted by atomic mass is 14.9. The molecule has 6 aromatic carbocycles. The Balaban J connectivity index is 1.21. The molecule has 0 N–H and O–H groups in total. The molecule has 6 heteroatoms. The van der Waals surface area contributed by atoms with Crippen LogP contribution in [0.2, 0.25) is 0 Å². The lowest BCUT2D eigenvalue weighted by Crippen LogP contribution is -1.97. The molecule has 0 saturated carbocycles. The number of rotatable bonds is 7. The van der Waals surface area contributed by atoms with Crippen LogP contribution in [-0.2, 0) is 0 Å². The molecule has 9 rings (SSSR count). The molecule has 0 aliphatic heterocycles. The average molecular weight is 681 g/mol. The van der Waals surface area contributed by atoms with Crippen LogP contribution in [0.3, 0.4) is 0 Å². The van der Waals surface area contributed by atoms with Crippen molar-refractivity contribution < 1.29 is 0 Å². The molecule has 0 saturated heterocycles. The second-order valence-electron chi connectivity index (χ2n) is 13.1. The lowest BCUT2D eigenvalue weighted by Gasteiger charge is -2.14. The molecule has 0 atom stereocenters. The summed E-state index contributed by atoms with van der Waals surface area (Å²) in [7, 11) is 0. The fourth-order valence-electron chi connectivity index (χ4n) is 6.64. The Bertz CT molecular complexity index is 2590. The van der Waals surface area contributed by atoms with Gasteiger partial charge in [0, 0.05) is 52.6 Å². The molecule has 0 fully saturated rings. The third-order valence-corrected chi connectivity index (χ3v) is 9.53. The summed E-state index contributed by atoms with van der Waals surface area (Å²) in [5.74, 6) is 0.658. The van der Waals surface area contributed by atoms with E-state index in [1.54, 1.807) is 12.7 Å². The van der Waals surface area contributed by atoms with Crippen molar-refractivity contribution in [3.8, 4) is 78.4 Å². The first-order chi connectivity index (χ1) is 26.1. The highest BCUT2D eigenvalue weighted by Gasteiger charge is 2.15. The number of aryl methyl sites for hydroxylation is 1. The molecule has 3 heterocycles. The SMILES string of the molecule is Cc1ccc(-c2cc(-c3ccc4ccccc4c3)nc(-c3cc(-c4ccc(-c5cncnc5)cc4)cc(-c4ccc(-c5cncnc5)cc4)c3)n2)cc1. The summed E-state index contributed by atoms with van der Waals surface area (Å²) in [6.45, 7) is 2.10. The first-order valence-corrected chi connectivity index (χ1v) is 17.5. The van der Waals surface area contributed by atoms with E-state index in [4.69, 9.17) is 9.97 Å². The van der Waals surface area contributed by atoms with Crippen LogP contribution in [0.15, 0.2) is 177 Å². The molecule has 0 aliphatic rings. The van der Waals surface area contributed by atoms with Crippen LogP contribution in [0, 0.1) is 6.92 Å². The Morgan fingerprint density at radius 1 is 0.321 bits per heavy atom. The minimum atomic E-state index is 0.658. The van der Waals surface area contributed by atoms with E-state index in [9.17, 15) is 0 Å². The van der Waals surface area contributed by atoms with Gasteiger partial charge >= 0.3 is 0 Å². The van der Waals surface area contributed by atoms with Gasteiger partial charge in [-0.15, -0.1) is 0 Å². The second-order valence-corrected chi connectivity index (χ2v) is 13.1. The monoisotopic (exact) mass is 680 g/mol. The predicted octanol–water partition coefficient (Wildman–Crippen LogP) is 11.2. The Kier molecular flexibility index (Phi) is 8.31. The molecule has 0 aliphatic carbocycles. The highest BCUT2D eigenvalue weighted by molar-refractivity contribution is 5.88. The van der Waals surface area contributed by atoms with E-state index in [0.717, 1.165) is 72.6 Å². The zero-order chi connectivity index (χ0) is 35.6. The van der Waals surface area contributed by atoms with Gasteiger partial charge in [0.2, 0.25) is 0 Å². The van der Waals surface area contributed by atoms with Gasteiger partial charge in [-0.1, -0.05) is 115 Å². The van der Waals surface area contributed by atoms with Crippen molar-refractivity contribution in [2.75, 3.05) is 0 Å². The molecule has 0 unspecified atom stereocenters. The van der Waals surface area contributed by atoms with Gasteiger partial charge in [0.25, 0.3) is 0 Å². The van der Waals surface area contributed by atoms with E-state index in [1.807, 2.05) is 24.8 Å². The van der Waals surface area contributed by atoms with Crippen LogP contribution in [0.4, 0.5) is 0 Å². The largest absolute Gasteiger partial charge is 0.244 e. The average Bonchev–Trinajstić information content (AvgIpc) is 3.24. The lowest BCUT2D eigenvalue weighted by molar-refractivity contribution is 1.17. The summed E-state index contributed by atoms with van der Waals surface area (Å²) >= 11 is 0. The molecule has 0 bridgehead atoms. The second kappa shape index (κ2) is 13.9. The fourth-order valence-corrected chi connectivity index (χ4v) is 6.64. The quantitative estimate of drug-likeness (QED) is 0.167. The summed E-state index contributed by atoms with van der Waals surface area (Å²) in [4.78, 5) is 27.3. The van der Waals surface area contributed by atoms with E-state index in [0.29, 0.717) is 5.82 Å². The maximum atomic E-state index is 5.26. The summed E-state index contributed by atoms with van der Waals surface area (Å²) in [5.41, 5.74) is 14.3. The zero-order valence-corrected chi connectivity index (χ0v) is 28.9. The van der Waals surface area contributed by atoms with E-state index in [2.05, 4.69) is 166 Å². The molecular formula is C47H32N6. The first kappa shape index (κ1) is 31.8. The Hall–Kier alpha value is -7.18. The van der Waals surface area contributed by atoms with Gasteiger partial charge in [-0.25, -0.2) is 29.9 Å². The van der Waals surface area contributed by atoms with E-state index in [1.165, 1.54) is 16.3 Å². The van der Waals surface area contributed by atoms with Gasteiger partial charge in [-0.05, 0) is 81.4 Å². The summed E-state index contributed by atoms with van der Waals surface area (Å²) in [6, 6.07) is 49.2. The summed E-state index contributed by atoms with van der Waals surface area (Å²) < 4.78 is 0. The van der Waals surface area contributed by atoms with Crippen molar-refractivity contribution in [3.05, 3.63) is 183 Å². The molecule has 0 radical (unpaired) electrons. The van der Waals surface area contributed by atoms with Crippen molar-refractivity contribution in [3.63, 3.8) is 0 Å². The molecule has 0 amide bonds. The lowest BCUT2D eigenvalue weighted by atomic mass is 9.94. The minimum absolute atomic E-state index is 0.658. The van der Waals surface area contributed by atoms with Crippen molar-refractivity contribution in [1.82, 2.24) is 29.9 Å². The van der Waals surface area contributed by atoms with Crippen LogP contribution in [0.5, 0.6) is 0 Å². The van der Waals surface area contributed by atoms with Gasteiger partial charge in [0.15, 0.2) is 5.82 Å². The van der Waals surface area contributed by atoms with Gasteiger partial charge < -0.3 is 0 Å². The number of hydrogen-bond acceptors (Lipinski definition) is 6. The Morgan fingerprint density at radius 3 is 1.30 bits per heavy atom. The van der Waals surface area contributed by atoms with Gasteiger partial charge in [-0.2, -0.15) is 0 Å². The van der Waals surface area contributed by atoms with Crippen molar-refractivity contribution in [2.24, 2.45) is 0 Å². The Labute approximate surface area is 307 Å². The molecule has 0 spiro atoms. The minimum Gasteiger partial charge on any atom is -0.244 e. The number of fused-ring (bicyclic) bond motifs is 1. The van der Waals surface area contributed by atoms with Crippen LogP contribution in [0.1, 0.15) is 5.56 Å². The predicted molar refractivity (Wildman–Crippen MR) is 214 cm³/mol. The van der Waals surface area contributed by atoms with Gasteiger partial charge in [-0.3, -0.25) is 0 Å². The number of nitrogens with zero attached hydrogens (tertiary/aromatic N) is 6. The normalized spacial score (nSPS) is 11.1. The number of benzene rings is 6. The third kappa shape index (κ3) is 6.69. The maximum Gasteiger partial charge on any atom is 0.160 e. The summed E-state index contributed by atoms with van der Waals surface area (Å²) in [5, 5.41) is 2.36. The van der Waals surface area contributed by atoms with E-state index in [-0.39, 0.29) is 0 Å². The molecule has 6 nitrogen and oxygen atoms in total. The van der Waals surface area contributed by atoms with E-state index < -0.39 is 0 Å². The molecule has 53 heavy (non-hydrogen) atoms. The van der Waals surface area contributed by atoms with Crippen LogP contribution in [0.25, 0.3) is 89.2 Å². The van der Waals surface area contributed by atoms with Crippen LogP contribution in [-0.4, -0.2) is 29.9 Å². The van der Waals surface area contributed by atoms with Crippen LogP contribution >= 0.6 is 0 Å². The summed E-state index contributed by atoms with van der Waals surface area (Å²) in [6.07, 6.45) is 10.4. The molecule has 9 aromatic rings.